The molecule has 2 nitrogen and oxygen atoms in total. The highest BCUT2D eigenvalue weighted by Gasteiger charge is 2.44. The van der Waals surface area contributed by atoms with Crippen LogP contribution in [0.3, 0.4) is 0 Å². The van der Waals surface area contributed by atoms with Crippen LogP contribution in [0.15, 0.2) is 52.9 Å². The number of aliphatic hydroxyl groups excluding tert-OH is 1. The van der Waals surface area contributed by atoms with Crippen molar-refractivity contribution in [2.24, 2.45) is 0 Å². The molecule has 0 saturated carbocycles. The summed E-state index contributed by atoms with van der Waals surface area (Å²) >= 11 is 0. The summed E-state index contributed by atoms with van der Waals surface area (Å²) in [5.41, 5.74) is 6.60. The van der Waals surface area contributed by atoms with Gasteiger partial charge in [0.05, 0.1) is 8.07 Å². The van der Waals surface area contributed by atoms with Gasteiger partial charge in [-0.1, -0.05) is 77.6 Å². The molecule has 2 rings (SSSR count). The number of aliphatic hydroxyl groups is 1. The second-order valence-electron chi connectivity index (χ2n) is 8.27. The summed E-state index contributed by atoms with van der Waals surface area (Å²) < 4.78 is 0. The Morgan fingerprint density at radius 2 is 1.44 bits per heavy atom. The average Bonchev–Trinajstić information content (AvgIpc) is 2.76. The molecule has 0 aliphatic heterocycles. The minimum Gasteiger partial charge on any atom is -0.504 e. The Labute approximate surface area is 153 Å². The lowest BCUT2D eigenvalue weighted by Gasteiger charge is -2.41. The second-order valence-corrected chi connectivity index (χ2v) is 14.0. The fraction of sp³-hybridized carbons (Fsp3) is 0.500. The maximum Gasteiger partial charge on any atom is 0.223 e. The van der Waals surface area contributed by atoms with Crippen LogP contribution in [0.4, 0.5) is 0 Å². The van der Waals surface area contributed by atoms with Gasteiger partial charge in [-0.3, -0.25) is 4.79 Å². The molecule has 0 amide bonds. The number of Topliss-reactive ketones (excluding diaryl/α,β-unsaturated/α-hetero) is 1. The number of rotatable bonds is 5. The zero-order valence-corrected chi connectivity index (χ0v) is 17.6. The van der Waals surface area contributed by atoms with Crippen LogP contribution in [0.2, 0.25) is 16.6 Å². The fourth-order valence-corrected chi connectivity index (χ4v) is 10.6. The molecule has 0 aromatic heterocycles. The monoisotopic (exact) mass is 356 g/mol. The molecule has 136 valence electrons. The van der Waals surface area contributed by atoms with Crippen molar-refractivity contribution in [1.29, 1.82) is 0 Å². The van der Waals surface area contributed by atoms with Crippen molar-refractivity contribution in [1.82, 2.24) is 0 Å². The first-order chi connectivity index (χ1) is 11.6. The number of hydrogen-bond acceptors (Lipinski definition) is 2. The molecular weight excluding hydrogens is 324 g/mol. The van der Waals surface area contributed by atoms with Gasteiger partial charge in [0, 0.05) is 11.5 Å². The first-order valence-electron chi connectivity index (χ1n) is 9.36. The zero-order valence-electron chi connectivity index (χ0n) is 16.6. The summed E-state index contributed by atoms with van der Waals surface area (Å²) in [6.07, 6.45) is 0. The molecule has 1 atom stereocenters. The van der Waals surface area contributed by atoms with Crippen LogP contribution in [-0.2, 0) is 4.79 Å². The first kappa shape index (κ1) is 19.7. The SMILES string of the molecule is CC1=C(O)C(=O)/C(=C\[Si](C(C)C)(C(C)C)C(C)C)C1c1ccccc1. The predicted octanol–water partition coefficient (Wildman–Crippen LogP) is 6.33. The summed E-state index contributed by atoms with van der Waals surface area (Å²) in [5.74, 6) is -0.346. The van der Waals surface area contributed by atoms with Gasteiger partial charge in [-0.2, -0.15) is 0 Å². The van der Waals surface area contributed by atoms with E-state index in [4.69, 9.17) is 0 Å². The van der Waals surface area contributed by atoms with E-state index < -0.39 is 8.07 Å². The van der Waals surface area contributed by atoms with Crippen LogP contribution < -0.4 is 0 Å². The van der Waals surface area contributed by atoms with Gasteiger partial charge in [-0.15, -0.1) is 0 Å². The number of ketones is 1. The highest BCUT2D eigenvalue weighted by Crippen LogP contribution is 2.47. The van der Waals surface area contributed by atoms with E-state index in [1.54, 1.807) is 0 Å². The molecule has 1 aliphatic carbocycles. The molecule has 1 aliphatic rings. The lowest BCUT2D eigenvalue weighted by atomic mass is 9.90. The van der Waals surface area contributed by atoms with Crippen molar-refractivity contribution in [3.8, 4) is 0 Å². The number of hydrogen-bond donors (Lipinski definition) is 1. The molecule has 25 heavy (non-hydrogen) atoms. The van der Waals surface area contributed by atoms with Gasteiger partial charge in [0.15, 0.2) is 5.76 Å². The van der Waals surface area contributed by atoms with E-state index in [9.17, 15) is 9.90 Å². The minimum atomic E-state index is -1.89. The van der Waals surface area contributed by atoms with Gasteiger partial charge >= 0.3 is 0 Å². The van der Waals surface area contributed by atoms with E-state index in [0.717, 1.165) is 16.7 Å². The van der Waals surface area contributed by atoms with Gasteiger partial charge in [0.25, 0.3) is 0 Å². The zero-order chi connectivity index (χ0) is 18.9. The molecule has 0 spiro atoms. The molecule has 1 aromatic carbocycles. The number of carbonyl (C=O) groups excluding carboxylic acids is 1. The largest absolute Gasteiger partial charge is 0.504 e. The topological polar surface area (TPSA) is 37.3 Å². The van der Waals surface area contributed by atoms with Crippen molar-refractivity contribution in [2.45, 2.75) is 71.0 Å². The minimum absolute atomic E-state index is 0.0562. The van der Waals surface area contributed by atoms with E-state index in [1.165, 1.54) is 0 Å². The Balaban J connectivity index is 2.68. The Hall–Kier alpha value is -1.61. The Morgan fingerprint density at radius 3 is 1.88 bits per heavy atom. The van der Waals surface area contributed by atoms with Crippen molar-refractivity contribution in [3.63, 3.8) is 0 Å². The standard InChI is InChI=1S/C22H32O2Si/c1-14(2)25(15(3)4,16(5)6)13-19-20(17(7)21(23)22(19)24)18-11-9-8-10-12-18/h8-16,20,23H,1-7H3/b19-13-. The molecule has 0 heterocycles. The van der Waals surface area contributed by atoms with Crippen LogP contribution in [-0.4, -0.2) is 19.0 Å². The number of carbonyl (C=O) groups is 1. The molecule has 3 heteroatoms. The molecule has 0 bridgehead atoms. The van der Waals surface area contributed by atoms with Gasteiger partial charge in [-0.05, 0) is 34.7 Å². The maximum absolute atomic E-state index is 12.9. The normalized spacial score (nSPS) is 20.6. The Kier molecular flexibility index (Phi) is 5.78. The second kappa shape index (κ2) is 7.33. The van der Waals surface area contributed by atoms with Crippen LogP contribution in [0.25, 0.3) is 0 Å². The van der Waals surface area contributed by atoms with Gasteiger partial charge in [0.2, 0.25) is 5.78 Å². The third-order valence-electron chi connectivity index (χ3n) is 6.13. The molecule has 0 fully saturated rings. The smallest absolute Gasteiger partial charge is 0.223 e. The third kappa shape index (κ3) is 3.26. The third-order valence-corrected chi connectivity index (χ3v) is 12.9. The van der Waals surface area contributed by atoms with E-state index >= 15 is 0 Å². The maximum atomic E-state index is 12.9. The molecular formula is C22H32O2Si. The van der Waals surface area contributed by atoms with E-state index in [1.807, 2.05) is 25.1 Å². The Bertz CT molecular complexity index is 674. The summed E-state index contributed by atoms with van der Waals surface area (Å²) in [4.78, 5) is 12.9. The molecule has 0 radical (unpaired) electrons. The fourth-order valence-electron chi connectivity index (χ4n) is 4.81. The van der Waals surface area contributed by atoms with Crippen LogP contribution in [0.1, 0.15) is 59.9 Å². The van der Waals surface area contributed by atoms with Crippen LogP contribution in [0, 0.1) is 0 Å². The quantitative estimate of drug-likeness (QED) is 0.494. The molecule has 0 saturated heterocycles. The highest BCUT2D eigenvalue weighted by molar-refractivity contribution is 6.88. The summed E-state index contributed by atoms with van der Waals surface area (Å²) in [5, 5.41) is 10.4. The van der Waals surface area contributed by atoms with E-state index in [0.29, 0.717) is 16.6 Å². The molecule has 1 N–H and O–H groups in total. The summed E-state index contributed by atoms with van der Waals surface area (Å²) in [6.45, 7) is 15.6. The van der Waals surface area contributed by atoms with E-state index in [-0.39, 0.29) is 17.5 Å². The van der Waals surface area contributed by atoms with Gasteiger partial charge in [-0.25, -0.2) is 0 Å². The van der Waals surface area contributed by atoms with Crippen LogP contribution in [0.5, 0.6) is 0 Å². The van der Waals surface area contributed by atoms with Gasteiger partial charge < -0.3 is 5.11 Å². The number of benzene rings is 1. The van der Waals surface area contributed by atoms with E-state index in [2.05, 4.69) is 59.4 Å². The summed E-state index contributed by atoms with van der Waals surface area (Å²) in [6, 6.07) is 10.1. The number of allylic oxidation sites excluding steroid dienone is 2. The Morgan fingerprint density at radius 1 is 0.960 bits per heavy atom. The summed E-state index contributed by atoms with van der Waals surface area (Å²) in [7, 11) is -1.89. The van der Waals surface area contributed by atoms with Crippen molar-refractivity contribution < 1.29 is 9.90 Å². The van der Waals surface area contributed by atoms with Crippen molar-refractivity contribution in [2.75, 3.05) is 0 Å². The van der Waals surface area contributed by atoms with Crippen LogP contribution >= 0.6 is 0 Å². The highest BCUT2D eigenvalue weighted by atomic mass is 28.3. The average molecular weight is 357 g/mol. The first-order valence-corrected chi connectivity index (χ1v) is 11.7. The lowest BCUT2D eigenvalue weighted by Crippen LogP contribution is -2.43. The van der Waals surface area contributed by atoms with Crippen molar-refractivity contribution in [3.05, 3.63) is 58.5 Å². The predicted molar refractivity (Wildman–Crippen MR) is 109 cm³/mol. The van der Waals surface area contributed by atoms with Crippen molar-refractivity contribution >= 4 is 13.9 Å². The van der Waals surface area contributed by atoms with Gasteiger partial charge in [0.1, 0.15) is 0 Å². The molecule has 1 unspecified atom stereocenters. The molecule has 1 aromatic rings. The lowest BCUT2D eigenvalue weighted by molar-refractivity contribution is -0.114.